The molecule has 1 aromatic carbocycles. The largest absolute Gasteiger partial charge is 0.456 e. The van der Waals surface area contributed by atoms with Gasteiger partial charge in [0.15, 0.2) is 6.61 Å². The summed E-state index contributed by atoms with van der Waals surface area (Å²) < 4.78 is 4.66. The fraction of sp³-hybridized carbons (Fsp3) is 0.250. The van der Waals surface area contributed by atoms with Gasteiger partial charge < -0.3 is 15.8 Å². The van der Waals surface area contributed by atoms with E-state index in [4.69, 9.17) is 5.73 Å². The first kappa shape index (κ1) is 13.7. The minimum Gasteiger partial charge on any atom is -0.456 e. The SMILES string of the molecule is CCC(=O)OCC(=O)Nc1ccc(C(N)=O)cc1. The average Bonchev–Trinajstić information content (AvgIpc) is 2.36. The molecule has 0 saturated heterocycles. The highest BCUT2D eigenvalue weighted by Crippen LogP contribution is 2.08. The lowest BCUT2D eigenvalue weighted by molar-refractivity contribution is -0.146. The first-order chi connectivity index (χ1) is 8.52. The van der Waals surface area contributed by atoms with E-state index in [9.17, 15) is 14.4 Å². The lowest BCUT2D eigenvalue weighted by Gasteiger charge is -2.06. The summed E-state index contributed by atoms with van der Waals surface area (Å²) in [5, 5.41) is 2.52. The fourth-order valence-corrected chi connectivity index (χ4v) is 1.16. The number of ether oxygens (including phenoxy) is 1. The van der Waals surface area contributed by atoms with Crippen molar-refractivity contribution in [1.82, 2.24) is 0 Å². The van der Waals surface area contributed by atoms with Crippen molar-refractivity contribution in [3.63, 3.8) is 0 Å². The maximum Gasteiger partial charge on any atom is 0.306 e. The standard InChI is InChI=1S/C12H14N2O4/c1-2-11(16)18-7-10(15)14-9-5-3-8(4-6-9)12(13)17/h3-6H,2,7H2,1H3,(H2,13,17)(H,14,15). The number of amides is 2. The summed E-state index contributed by atoms with van der Waals surface area (Å²) >= 11 is 0. The van der Waals surface area contributed by atoms with E-state index in [-0.39, 0.29) is 13.0 Å². The summed E-state index contributed by atoms with van der Waals surface area (Å²) in [7, 11) is 0. The van der Waals surface area contributed by atoms with Crippen LogP contribution in [-0.2, 0) is 14.3 Å². The molecule has 0 aromatic heterocycles. The number of anilines is 1. The average molecular weight is 250 g/mol. The van der Waals surface area contributed by atoms with Crippen LogP contribution in [0.4, 0.5) is 5.69 Å². The molecule has 18 heavy (non-hydrogen) atoms. The zero-order chi connectivity index (χ0) is 13.5. The van der Waals surface area contributed by atoms with E-state index in [0.29, 0.717) is 11.3 Å². The predicted molar refractivity (Wildman–Crippen MR) is 64.8 cm³/mol. The number of primary amides is 1. The van der Waals surface area contributed by atoms with Gasteiger partial charge in [0.05, 0.1) is 0 Å². The van der Waals surface area contributed by atoms with E-state index < -0.39 is 17.8 Å². The van der Waals surface area contributed by atoms with Gasteiger partial charge in [-0.3, -0.25) is 14.4 Å². The number of hydrogen-bond acceptors (Lipinski definition) is 4. The third-order valence-corrected chi connectivity index (χ3v) is 2.11. The lowest BCUT2D eigenvalue weighted by atomic mass is 10.2. The summed E-state index contributed by atoms with van der Waals surface area (Å²) in [5.41, 5.74) is 5.93. The quantitative estimate of drug-likeness (QED) is 0.750. The Hall–Kier alpha value is -2.37. The van der Waals surface area contributed by atoms with Crippen molar-refractivity contribution < 1.29 is 19.1 Å². The van der Waals surface area contributed by atoms with Crippen molar-refractivity contribution >= 4 is 23.5 Å². The molecule has 0 fully saturated rings. The molecule has 6 nitrogen and oxygen atoms in total. The molecule has 0 saturated carbocycles. The van der Waals surface area contributed by atoms with Gasteiger partial charge in [0.2, 0.25) is 5.91 Å². The normalized spacial score (nSPS) is 9.61. The van der Waals surface area contributed by atoms with Crippen LogP contribution in [-0.4, -0.2) is 24.4 Å². The zero-order valence-corrected chi connectivity index (χ0v) is 9.93. The van der Waals surface area contributed by atoms with Crippen LogP contribution in [0.5, 0.6) is 0 Å². The van der Waals surface area contributed by atoms with E-state index in [0.717, 1.165) is 0 Å². The maximum absolute atomic E-state index is 11.4. The highest BCUT2D eigenvalue weighted by atomic mass is 16.5. The molecule has 3 N–H and O–H groups in total. The van der Waals surface area contributed by atoms with Crippen LogP contribution in [0.2, 0.25) is 0 Å². The van der Waals surface area contributed by atoms with Gasteiger partial charge >= 0.3 is 5.97 Å². The number of nitrogens with two attached hydrogens (primary N) is 1. The summed E-state index contributed by atoms with van der Waals surface area (Å²) in [6.45, 7) is 1.31. The Morgan fingerprint density at radius 2 is 1.83 bits per heavy atom. The zero-order valence-electron chi connectivity index (χ0n) is 9.93. The summed E-state index contributed by atoms with van der Waals surface area (Å²) in [6, 6.07) is 6.07. The van der Waals surface area contributed by atoms with E-state index in [1.165, 1.54) is 12.1 Å². The van der Waals surface area contributed by atoms with Crippen molar-refractivity contribution in [2.75, 3.05) is 11.9 Å². The Morgan fingerprint density at radius 1 is 1.22 bits per heavy atom. The summed E-state index contributed by atoms with van der Waals surface area (Å²) in [5.74, 6) is -1.41. The van der Waals surface area contributed by atoms with E-state index >= 15 is 0 Å². The second-order valence-corrected chi connectivity index (χ2v) is 3.50. The molecule has 0 unspecified atom stereocenters. The van der Waals surface area contributed by atoms with E-state index in [1.54, 1.807) is 19.1 Å². The molecule has 0 aliphatic rings. The number of rotatable bonds is 5. The molecule has 0 atom stereocenters. The van der Waals surface area contributed by atoms with E-state index in [1.807, 2.05) is 0 Å². The Kier molecular flexibility index (Phi) is 4.86. The first-order valence-corrected chi connectivity index (χ1v) is 5.38. The predicted octanol–water partition coefficient (Wildman–Crippen LogP) is 0.677. The van der Waals surface area contributed by atoms with Crippen LogP contribution in [0.3, 0.4) is 0 Å². The topological polar surface area (TPSA) is 98.5 Å². The summed E-state index contributed by atoms with van der Waals surface area (Å²) in [4.78, 5) is 33.0. The Bertz CT molecular complexity index is 454. The molecule has 0 radical (unpaired) electrons. The Balaban J connectivity index is 2.49. The Morgan fingerprint density at radius 3 is 2.33 bits per heavy atom. The smallest absolute Gasteiger partial charge is 0.306 e. The molecule has 1 aromatic rings. The molecule has 96 valence electrons. The number of esters is 1. The van der Waals surface area contributed by atoms with Crippen molar-refractivity contribution in [1.29, 1.82) is 0 Å². The molecule has 0 heterocycles. The first-order valence-electron chi connectivity index (χ1n) is 5.38. The van der Waals surface area contributed by atoms with Crippen LogP contribution in [0.1, 0.15) is 23.7 Å². The third-order valence-electron chi connectivity index (χ3n) is 2.11. The van der Waals surface area contributed by atoms with Crippen LogP contribution >= 0.6 is 0 Å². The minimum atomic E-state index is -0.537. The molecule has 0 aliphatic carbocycles. The van der Waals surface area contributed by atoms with Crippen molar-refractivity contribution in [3.05, 3.63) is 29.8 Å². The van der Waals surface area contributed by atoms with Gasteiger partial charge in [0, 0.05) is 17.7 Å². The van der Waals surface area contributed by atoms with Gasteiger partial charge in [-0.15, -0.1) is 0 Å². The number of benzene rings is 1. The molecule has 6 heteroatoms. The third kappa shape index (κ3) is 4.25. The van der Waals surface area contributed by atoms with Gasteiger partial charge in [0.25, 0.3) is 5.91 Å². The van der Waals surface area contributed by atoms with Crippen LogP contribution in [0, 0.1) is 0 Å². The van der Waals surface area contributed by atoms with Gasteiger partial charge in [-0.2, -0.15) is 0 Å². The number of nitrogens with one attached hydrogen (secondary N) is 1. The molecule has 2 amide bonds. The molecular weight excluding hydrogens is 236 g/mol. The van der Waals surface area contributed by atoms with Gasteiger partial charge in [-0.05, 0) is 24.3 Å². The summed E-state index contributed by atoms with van der Waals surface area (Å²) in [6.07, 6.45) is 0.223. The Labute approximate surface area is 104 Å². The van der Waals surface area contributed by atoms with Crippen LogP contribution in [0.25, 0.3) is 0 Å². The fourth-order valence-electron chi connectivity index (χ4n) is 1.16. The van der Waals surface area contributed by atoms with Gasteiger partial charge in [-0.1, -0.05) is 6.92 Å². The van der Waals surface area contributed by atoms with Crippen molar-refractivity contribution in [2.24, 2.45) is 5.73 Å². The van der Waals surface area contributed by atoms with Gasteiger partial charge in [-0.25, -0.2) is 0 Å². The van der Waals surface area contributed by atoms with Crippen LogP contribution in [0.15, 0.2) is 24.3 Å². The minimum absolute atomic E-state index is 0.223. The number of hydrogen-bond donors (Lipinski definition) is 2. The molecular formula is C12H14N2O4. The molecule has 0 bridgehead atoms. The number of carbonyl (C=O) groups excluding carboxylic acids is 3. The maximum atomic E-state index is 11.4. The number of carbonyl (C=O) groups is 3. The molecule has 0 aliphatic heterocycles. The molecule has 0 spiro atoms. The van der Waals surface area contributed by atoms with Crippen LogP contribution < -0.4 is 11.1 Å². The lowest BCUT2D eigenvalue weighted by Crippen LogP contribution is -2.20. The highest BCUT2D eigenvalue weighted by Gasteiger charge is 2.06. The highest BCUT2D eigenvalue weighted by molar-refractivity contribution is 5.95. The van der Waals surface area contributed by atoms with E-state index in [2.05, 4.69) is 10.1 Å². The second-order valence-electron chi connectivity index (χ2n) is 3.50. The van der Waals surface area contributed by atoms with Crippen molar-refractivity contribution in [3.8, 4) is 0 Å². The second kappa shape index (κ2) is 6.39. The van der Waals surface area contributed by atoms with Crippen molar-refractivity contribution in [2.45, 2.75) is 13.3 Å². The van der Waals surface area contributed by atoms with Gasteiger partial charge in [0.1, 0.15) is 0 Å². The molecule has 1 rings (SSSR count). The monoisotopic (exact) mass is 250 g/mol.